The van der Waals surface area contributed by atoms with Crippen LogP contribution in [0.2, 0.25) is 0 Å². The summed E-state index contributed by atoms with van der Waals surface area (Å²) in [5, 5.41) is 13.5. The molecule has 0 amide bonds. The van der Waals surface area contributed by atoms with Crippen LogP contribution in [0.5, 0.6) is 0 Å². The Balaban J connectivity index is 1.79. The molecule has 2 rings (SSSR count). The van der Waals surface area contributed by atoms with Crippen molar-refractivity contribution in [3.8, 4) is 0 Å². The van der Waals surface area contributed by atoms with Crippen molar-refractivity contribution in [2.24, 2.45) is 5.41 Å². The topological polar surface area (TPSA) is 32.3 Å². The number of aliphatic hydroxyl groups excluding tert-OH is 1. The Hall–Kier alpha value is -0.860. The van der Waals surface area contributed by atoms with E-state index in [0.717, 1.165) is 5.56 Å². The standard InChI is InChI=1S/C15H23NO/c1-15(2)9-8-13(10-15)16-11-14(17)12-6-4-3-5-7-12/h3-7,13-14,16-17H,8-11H2,1-2H3. The van der Waals surface area contributed by atoms with E-state index in [2.05, 4.69) is 19.2 Å². The molecule has 0 aliphatic heterocycles. The van der Waals surface area contributed by atoms with Gasteiger partial charge in [0.2, 0.25) is 0 Å². The molecule has 2 N–H and O–H groups in total. The van der Waals surface area contributed by atoms with Crippen molar-refractivity contribution in [1.29, 1.82) is 0 Å². The molecule has 2 unspecified atom stereocenters. The minimum atomic E-state index is -0.389. The minimum absolute atomic E-state index is 0.389. The smallest absolute Gasteiger partial charge is 0.0914 e. The molecule has 1 saturated carbocycles. The van der Waals surface area contributed by atoms with Gasteiger partial charge in [0.1, 0.15) is 0 Å². The van der Waals surface area contributed by atoms with Crippen LogP contribution in [0.25, 0.3) is 0 Å². The third kappa shape index (κ3) is 3.55. The van der Waals surface area contributed by atoms with Gasteiger partial charge in [0.25, 0.3) is 0 Å². The summed E-state index contributed by atoms with van der Waals surface area (Å²) in [4.78, 5) is 0. The van der Waals surface area contributed by atoms with Gasteiger partial charge >= 0.3 is 0 Å². The Kier molecular flexibility index (Phi) is 3.85. The van der Waals surface area contributed by atoms with Crippen molar-refractivity contribution < 1.29 is 5.11 Å². The maximum atomic E-state index is 10.0. The van der Waals surface area contributed by atoms with Gasteiger partial charge in [0.15, 0.2) is 0 Å². The summed E-state index contributed by atoms with van der Waals surface area (Å²) in [6, 6.07) is 10.4. The number of hydrogen-bond acceptors (Lipinski definition) is 2. The van der Waals surface area contributed by atoms with E-state index in [1.807, 2.05) is 30.3 Å². The highest BCUT2D eigenvalue weighted by atomic mass is 16.3. The lowest BCUT2D eigenvalue weighted by molar-refractivity contribution is 0.169. The van der Waals surface area contributed by atoms with E-state index in [4.69, 9.17) is 0 Å². The second-order valence-corrected chi connectivity index (χ2v) is 5.94. The molecule has 0 aromatic heterocycles. The molecular formula is C15H23NO. The molecule has 1 aromatic rings. The number of rotatable bonds is 4. The maximum Gasteiger partial charge on any atom is 0.0914 e. The second-order valence-electron chi connectivity index (χ2n) is 5.94. The molecule has 2 nitrogen and oxygen atoms in total. The minimum Gasteiger partial charge on any atom is -0.387 e. The Morgan fingerprint density at radius 1 is 1.35 bits per heavy atom. The third-order valence-electron chi connectivity index (χ3n) is 3.75. The monoisotopic (exact) mass is 233 g/mol. The van der Waals surface area contributed by atoms with E-state index < -0.39 is 0 Å². The molecule has 17 heavy (non-hydrogen) atoms. The summed E-state index contributed by atoms with van der Waals surface area (Å²) in [6.45, 7) is 5.30. The Bertz CT molecular complexity index is 347. The SMILES string of the molecule is CC1(C)CCC(NCC(O)c2ccccc2)C1. The highest BCUT2D eigenvalue weighted by Gasteiger charge is 2.30. The fourth-order valence-corrected chi connectivity index (χ4v) is 2.68. The quantitative estimate of drug-likeness (QED) is 0.838. The first-order valence-corrected chi connectivity index (χ1v) is 6.53. The molecule has 94 valence electrons. The second kappa shape index (κ2) is 5.19. The lowest BCUT2D eigenvalue weighted by atomic mass is 9.92. The molecule has 1 aliphatic rings. The first kappa shape index (κ1) is 12.6. The largest absolute Gasteiger partial charge is 0.387 e. The van der Waals surface area contributed by atoms with Crippen LogP contribution in [0.15, 0.2) is 30.3 Å². The molecule has 2 atom stereocenters. The normalized spacial score (nSPS) is 24.8. The predicted octanol–water partition coefficient (Wildman–Crippen LogP) is 2.89. The fraction of sp³-hybridized carbons (Fsp3) is 0.600. The summed E-state index contributed by atoms with van der Waals surface area (Å²) >= 11 is 0. The van der Waals surface area contributed by atoms with E-state index in [0.29, 0.717) is 18.0 Å². The summed E-state index contributed by atoms with van der Waals surface area (Å²) in [7, 11) is 0. The van der Waals surface area contributed by atoms with E-state index in [9.17, 15) is 5.11 Å². The van der Waals surface area contributed by atoms with Gasteiger partial charge in [-0.3, -0.25) is 0 Å². The third-order valence-corrected chi connectivity index (χ3v) is 3.75. The Labute approximate surface area is 104 Å². The molecule has 0 spiro atoms. The lowest BCUT2D eigenvalue weighted by Crippen LogP contribution is -2.31. The van der Waals surface area contributed by atoms with Crippen LogP contribution in [-0.4, -0.2) is 17.7 Å². The summed E-state index contributed by atoms with van der Waals surface area (Å²) in [5.41, 5.74) is 1.47. The van der Waals surface area contributed by atoms with Gasteiger partial charge in [-0.1, -0.05) is 44.2 Å². The maximum absolute atomic E-state index is 10.0. The highest BCUT2D eigenvalue weighted by molar-refractivity contribution is 5.17. The zero-order valence-corrected chi connectivity index (χ0v) is 10.8. The van der Waals surface area contributed by atoms with E-state index >= 15 is 0 Å². The summed E-state index contributed by atoms with van der Waals surface area (Å²) in [6.07, 6.45) is 3.34. The van der Waals surface area contributed by atoms with Crippen LogP contribution in [0, 0.1) is 5.41 Å². The molecule has 0 saturated heterocycles. The molecule has 0 radical (unpaired) electrons. The van der Waals surface area contributed by atoms with Gasteiger partial charge in [0.05, 0.1) is 6.10 Å². The molecule has 0 heterocycles. The van der Waals surface area contributed by atoms with Gasteiger partial charge in [-0.25, -0.2) is 0 Å². The fourth-order valence-electron chi connectivity index (χ4n) is 2.68. The molecule has 2 heteroatoms. The van der Waals surface area contributed by atoms with Crippen molar-refractivity contribution in [1.82, 2.24) is 5.32 Å². The zero-order valence-electron chi connectivity index (χ0n) is 10.8. The first-order valence-electron chi connectivity index (χ1n) is 6.53. The van der Waals surface area contributed by atoms with Crippen molar-refractivity contribution in [2.75, 3.05) is 6.54 Å². The molecule has 1 fully saturated rings. The number of nitrogens with one attached hydrogen (secondary N) is 1. The van der Waals surface area contributed by atoms with Gasteiger partial charge in [-0.15, -0.1) is 0 Å². The van der Waals surface area contributed by atoms with E-state index in [1.54, 1.807) is 0 Å². The van der Waals surface area contributed by atoms with Gasteiger partial charge in [-0.2, -0.15) is 0 Å². The molecule has 1 aliphatic carbocycles. The highest BCUT2D eigenvalue weighted by Crippen LogP contribution is 2.36. The Morgan fingerprint density at radius 2 is 2.06 bits per heavy atom. The average Bonchev–Trinajstić information content (AvgIpc) is 2.67. The summed E-state index contributed by atoms with van der Waals surface area (Å²) < 4.78 is 0. The molecule has 1 aromatic carbocycles. The van der Waals surface area contributed by atoms with Crippen molar-refractivity contribution in [2.45, 2.75) is 45.3 Å². The van der Waals surface area contributed by atoms with Gasteiger partial charge in [-0.05, 0) is 30.2 Å². The number of hydrogen-bond donors (Lipinski definition) is 2. The number of aliphatic hydroxyl groups is 1. The lowest BCUT2D eigenvalue weighted by Gasteiger charge is -2.19. The first-order chi connectivity index (χ1) is 8.07. The average molecular weight is 233 g/mol. The van der Waals surface area contributed by atoms with Crippen LogP contribution >= 0.6 is 0 Å². The Morgan fingerprint density at radius 3 is 2.65 bits per heavy atom. The van der Waals surface area contributed by atoms with Crippen LogP contribution < -0.4 is 5.32 Å². The van der Waals surface area contributed by atoms with Crippen molar-refractivity contribution in [3.63, 3.8) is 0 Å². The van der Waals surface area contributed by atoms with Crippen LogP contribution in [-0.2, 0) is 0 Å². The summed E-state index contributed by atoms with van der Waals surface area (Å²) in [5.74, 6) is 0. The molecular weight excluding hydrogens is 210 g/mol. The van der Waals surface area contributed by atoms with E-state index in [1.165, 1.54) is 19.3 Å². The van der Waals surface area contributed by atoms with Crippen molar-refractivity contribution >= 4 is 0 Å². The van der Waals surface area contributed by atoms with Crippen LogP contribution in [0.3, 0.4) is 0 Å². The van der Waals surface area contributed by atoms with Crippen molar-refractivity contribution in [3.05, 3.63) is 35.9 Å². The van der Waals surface area contributed by atoms with E-state index in [-0.39, 0.29) is 6.10 Å². The zero-order chi connectivity index (χ0) is 12.3. The number of benzene rings is 1. The van der Waals surface area contributed by atoms with Crippen LogP contribution in [0.4, 0.5) is 0 Å². The molecule has 0 bridgehead atoms. The van der Waals surface area contributed by atoms with Gasteiger partial charge < -0.3 is 10.4 Å². The van der Waals surface area contributed by atoms with Crippen LogP contribution in [0.1, 0.15) is 44.8 Å². The van der Waals surface area contributed by atoms with Gasteiger partial charge in [0, 0.05) is 12.6 Å². The predicted molar refractivity (Wildman–Crippen MR) is 70.8 cm³/mol.